The molecular formula is C15H23NOS. The van der Waals surface area contributed by atoms with Crippen molar-refractivity contribution in [3.63, 3.8) is 0 Å². The van der Waals surface area contributed by atoms with Crippen LogP contribution >= 0.6 is 11.8 Å². The molecule has 0 atom stereocenters. The lowest BCUT2D eigenvalue weighted by Gasteiger charge is -2.16. The molecule has 0 radical (unpaired) electrons. The Labute approximate surface area is 115 Å². The molecule has 0 bridgehead atoms. The molecule has 1 heterocycles. The molecule has 1 aromatic rings. The Kier molecular flexibility index (Phi) is 5.39. The number of hydrogen-bond acceptors (Lipinski definition) is 3. The van der Waals surface area contributed by atoms with Crippen LogP contribution in [0.5, 0.6) is 0 Å². The Bertz CT molecular complexity index is 407. The van der Waals surface area contributed by atoms with Gasteiger partial charge in [-0.25, -0.2) is 0 Å². The predicted octanol–water partition coefficient (Wildman–Crippen LogP) is 3.99. The standard InChI is InChI=1S/C15H23NOS/c1-11(2)6-12-7-13(9-16-8-12)18-10-14(17)15(3,4)5/h7-9,11H,6,10H2,1-5H3. The molecule has 1 rings (SSSR count). The maximum absolute atomic E-state index is 11.9. The van der Waals surface area contributed by atoms with Gasteiger partial charge in [0.15, 0.2) is 0 Å². The molecule has 3 heteroatoms. The molecule has 0 aliphatic rings. The van der Waals surface area contributed by atoms with E-state index < -0.39 is 0 Å². The van der Waals surface area contributed by atoms with Gasteiger partial charge in [0.2, 0.25) is 0 Å². The minimum absolute atomic E-state index is 0.254. The predicted molar refractivity (Wildman–Crippen MR) is 78.0 cm³/mol. The fraction of sp³-hybridized carbons (Fsp3) is 0.600. The summed E-state index contributed by atoms with van der Waals surface area (Å²) in [7, 11) is 0. The van der Waals surface area contributed by atoms with Crippen molar-refractivity contribution in [3.05, 3.63) is 24.0 Å². The Morgan fingerprint density at radius 2 is 2.00 bits per heavy atom. The normalized spacial score (nSPS) is 11.9. The maximum Gasteiger partial charge on any atom is 0.148 e. The van der Waals surface area contributed by atoms with Crippen molar-refractivity contribution in [3.8, 4) is 0 Å². The summed E-state index contributed by atoms with van der Waals surface area (Å²) < 4.78 is 0. The molecule has 0 aromatic carbocycles. The Morgan fingerprint density at radius 3 is 2.56 bits per heavy atom. The van der Waals surface area contributed by atoms with E-state index in [4.69, 9.17) is 0 Å². The van der Waals surface area contributed by atoms with Crippen molar-refractivity contribution >= 4 is 17.5 Å². The first-order valence-electron chi connectivity index (χ1n) is 6.39. The minimum atomic E-state index is -0.254. The SMILES string of the molecule is CC(C)Cc1cncc(SCC(=O)C(C)(C)C)c1. The number of ketones is 1. The highest BCUT2D eigenvalue weighted by molar-refractivity contribution is 8.00. The number of hydrogen-bond donors (Lipinski definition) is 0. The third-order valence-corrected chi connectivity index (χ3v) is 3.58. The quantitative estimate of drug-likeness (QED) is 0.754. The average Bonchev–Trinajstić information content (AvgIpc) is 2.24. The van der Waals surface area contributed by atoms with E-state index in [9.17, 15) is 4.79 Å². The van der Waals surface area contributed by atoms with Crippen LogP contribution in [0.2, 0.25) is 0 Å². The van der Waals surface area contributed by atoms with Crippen molar-refractivity contribution < 1.29 is 4.79 Å². The summed E-state index contributed by atoms with van der Waals surface area (Å²) in [5.41, 5.74) is 0.994. The summed E-state index contributed by atoms with van der Waals surface area (Å²) in [5.74, 6) is 1.43. The third kappa shape index (κ3) is 5.21. The molecule has 0 spiro atoms. The summed E-state index contributed by atoms with van der Waals surface area (Å²) in [6.45, 7) is 10.3. The molecule has 0 saturated heterocycles. The zero-order valence-electron chi connectivity index (χ0n) is 12.0. The smallest absolute Gasteiger partial charge is 0.148 e. The fourth-order valence-corrected chi connectivity index (χ4v) is 2.59. The van der Waals surface area contributed by atoms with Gasteiger partial charge in [-0.2, -0.15) is 0 Å². The fourth-order valence-electron chi connectivity index (χ4n) is 1.49. The van der Waals surface area contributed by atoms with Crippen LogP contribution in [0, 0.1) is 11.3 Å². The summed E-state index contributed by atoms with van der Waals surface area (Å²) >= 11 is 1.58. The largest absolute Gasteiger partial charge is 0.298 e. The Balaban J connectivity index is 2.60. The second kappa shape index (κ2) is 6.37. The first kappa shape index (κ1) is 15.2. The van der Waals surface area contributed by atoms with Gasteiger partial charge < -0.3 is 0 Å². The van der Waals surface area contributed by atoms with E-state index in [1.807, 2.05) is 33.2 Å². The lowest BCUT2D eigenvalue weighted by atomic mass is 9.92. The molecule has 1 aromatic heterocycles. The van der Waals surface area contributed by atoms with Gasteiger partial charge in [0.05, 0.1) is 5.75 Å². The van der Waals surface area contributed by atoms with Gasteiger partial charge >= 0.3 is 0 Å². The molecule has 2 nitrogen and oxygen atoms in total. The zero-order valence-corrected chi connectivity index (χ0v) is 12.8. The maximum atomic E-state index is 11.9. The third-order valence-electron chi connectivity index (χ3n) is 2.62. The van der Waals surface area contributed by atoms with E-state index in [0.717, 1.165) is 11.3 Å². The summed E-state index contributed by atoms with van der Waals surface area (Å²) in [5, 5.41) is 0. The topological polar surface area (TPSA) is 30.0 Å². The van der Waals surface area contributed by atoms with Gasteiger partial charge in [-0.05, 0) is 24.0 Å². The molecule has 0 N–H and O–H groups in total. The number of carbonyl (C=O) groups is 1. The van der Waals surface area contributed by atoms with Gasteiger partial charge in [-0.15, -0.1) is 11.8 Å². The van der Waals surface area contributed by atoms with Gasteiger partial charge in [0, 0.05) is 22.7 Å². The number of carbonyl (C=O) groups excluding carboxylic acids is 1. The van der Waals surface area contributed by atoms with Crippen LogP contribution < -0.4 is 0 Å². The van der Waals surface area contributed by atoms with Crippen LogP contribution in [-0.2, 0) is 11.2 Å². The molecule has 100 valence electrons. The van der Waals surface area contributed by atoms with Gasteiger partial charge in [-0.1, -0.05) is 34.6 Å². The first-order valence-corrected chi connectivity index (χ1v) is 7.37. The van der Waals surface area contributed by atoms with Crippen LogP contribution in [0.4, 0.5) is 0 Å². The highest BCUT2D eigenvalue weighted by Crippen LogP contribution is 2.23. The van der Waals surface area contributed by atoms with E-state index in [0.29, 0.717) is 11.7 Å². The number of pyridine rings is 1. The highest BCUT2D eigenvalue weighted by Gasteiger charge is 2.20. The van der Waals surface area contributed by atoms with Crippen LogP contribution in [-0.4, -0.2) is 16.5 Å². The molecule has 0 aliphatic heterocycles. The Morgan fingerprint density at radius 1 is 1.33 bits per heavy atom. The van der Waals surface area contributed by atoms with E-state index in [2.05, 4.69) is 24.9 Å². The molecule has 0 unspecified atom stereocenters. The second-order valence-electron chi connectivity index (χ2n) is 6.09. The van der Waals surface area contributed by atoms with Crippen molar-refractivity contribution in [1.29, 1.82) is 0 Å². The summed E-state index contributed by atoms with van der Waals surface area (Å²) in [4.78, 5) is 17.2. The number of rotatable bonds is 5. The van der Waals surface area contributed by atoms with Crippen molar-refractivity contribution in [2.45, 2.75) is 45.9 Å². The van der Waals surface area contributed by atoms with E-state index >= 15 is 0 Å². The zero-order chi connectivity index (χ0) is 13.8. The van der Waals surface area contributed by atoms with Gasteiger partial charge in [0.25, 0.3) is 0 Å². The average molecular weight is 265 g/mol. The van der Waals surface area contributed by atoms with Crippen molar-refractivity contribution in [2.24, 2.45) is 11.3 Å². The van der Waals surface area contributed by atoms with E-state index in [-0.39, 0.29) is 11.2 Å². The molecule has 0 aliphatic carbocycles. The monoisotopic (exact) mass is 265 g/mol. The van der Waals surface area contributed by atoms with Crippen LogP contribution in [0.15, 0.2) is 23.4 Å². The molecule has 0 fully saturated rings. The van der Waals surface area contributed by atoms with Crippen LogP contribution in [0.25, 0.3) is 0 Å². The van der Waals surface area contributed by atoms with Crippen molar-refractivity contribution in [1.82, 2.24) is 4.98 Å². The van der Waals surface area contributed by atoms with Crippen molar-refractivity contribution in [2.75, 3.05) is 5.75 Å². The highest BCUT2D eigenvalue weighted by atomic mass is 32.2. The van der Waals surface area contributed by atoms with E-state index in [1.54, 1.807) is 11.8 Å². The van der Waals surface area contributed by atoms with Gasteiger partial charge in [0.1, 0.15) is 5.78 Å². The molecule has 0 saturated carbocycles. The summed E-state index contributed by atoms with van der Waals surface area (Å²) in [6.07, 6.45) is 4.79. The Hall–Kier alpha value is -0.830. The van der Waals surface area contributed by atoms with E-state index in [1.165, 1.54) is 5.56 Å². The summed E-state index contributed by atoms with van der Waals surface area (Å²) in [6, 6.07) is 2.15. The lowest BCUT2D eigenvalue weighted by molar-refractivity contribution is -0.123. The van der Waals surface area contributed by atoms with Crippen LogP contribution in [0.1, 0.15) is 40.2 Å². The second-order valence-corrected chi connectivity index (χ2v) is 7.14. The lowest BCUT2D eigenvalue weighted by Crippen LogP contribution is -2.21. The molecule has 18 heavy (non-hydrogen) atoms. The first-order chi connectivity index (χ1) is 8.29. The number of nitrogens with zero attached hydrogens (tertiary/aromatic N) is 1. The molecule has 0 amide bonds. The molecular weight excluding hydrogens is 242 g/mol. The number of thioether (sulfide) groups is 1. The number of Topliss-reactive ketones (excluding diaryl/α,β-unsaturated/α-hetero) is 1. The minimum Gasteiger partial charge on any atom is -0.298 e. The van der Waals surface area contributed by atoms with Crippen LogP contribution in [0.3, 0.4) is 0 Å². The van der Waals surface area contributed by atoms with Gasteiger partial charge in [-0.3, -0.25) is 9.78 Å². The number of aromatic nitrogens is 1.